The van der Waals surface area contributed by atoms with Gasteiger partial charge in [-0.15, -0.1) is 0 Å². The van der Waals surface area contributed by atoms with Gasteiger partial charge in [-0.1, -0.05) is 19.1 Å². The maximum atomic E-state index is 10.4. The van der Waals surface area contributed by atoms with E-state index in [4.69, 9.17) is 4.74 Å². The Balaban J connectivity index is 2.61. The Morgan fingerprint density at radius 1 is 1.40 bits per heavy atom. The number of carbonyl (C=O) groups is 1. The van der Waals surface area contributed by atoms with Gasteiger partial charge in [-0.25, -0.2) is 0 Å². The third kappa shape index (κ3) is 1.45. The Hall–Kier alpha value is -0.630. The Bertz CT molecular complexity index is 151. The molecule has 0 aliphatic carbocycles. The summed E-state index contributed by atoms with van der Waals surface area (Å²) in [4.78, 5) is 10.4. The van der Waals surface area contributed by atoms with Crippen molar-refractivity contribution in [1.82, 2.24) is 0 Å². The second-order valence-electron chi connectivity index (χ2n) is 2.69. The van der Waals surface area contributed by atoms with Gasteiger partial charge < -0.3 is 9.53 Å². The van der Waals surface area contributed by atoms with E-state index in [1.54, 1.807) is 0 Å². The van der Waals surface area contributed by atoms with Crippen LogP contribution >= 0.6 is 0 Å². The minimum atomic E-state index is -0.236. The molecule has 1 heterocycles. The van der Waals surface area contributed by atoms with E-state index < -0.39 is 0 Å². The SMILES string of the molecule is CC1C=CC(C)C(C=O)O1. The van der Waals surface area contributed by atoms with Crippen LogP contribution in [0.25, 0.3) is 0 Å². The fourth-order valence-electron chi connectivity index (χ4n) is 1.01. The molecule has 2 heteroatoms. The van der Waals surface area contributed by atoms with Gasteiger partial charge in [0, 0.05) is 5.92 Å². The van der Waals surface area contributed by atoms with Crippen molar-refractivity contribution in [3.63, 3.8) is 0 Å². The van der Waals surface area contributed by atoms with E-state index in [-0.39, 0.29) is 18.1 Å². The van der Waals surface area contributed by atoms with E-state index in [2.05, 4.69) is 0 Å². The van der Waals surface area contributed by atoms with E-state index >= 15 is 0 Å². The maximum absolute atomic E-state index is 10.4. The lowest BCUT2D eigenvalue weighted by atomic mass is 10.0. The van der Waals surface area contributed by atoms with Gasteiger partial charge >= 0.3 is 0 Å². The summed E-state index contributed by atoms with van der Waals surface area (Å²) in [6.07, 6.45) is 4.72. The molecule has 3 atom stereocenters. The fraction of sp³-hybridized carbons (Fsp3) is 0.625. The number of hydrogen-bond acceptors (Lipinski definition) is 2. The first-order valence-corrected chi connectivity index (χ1v) is 3.53. The summed E-state index contributed by atoms with van der Waals surface area (Å²) in [7, 11) is 0. The van der Waals surface area contributed by atoms with E-state index in [1.807, 2.05) is 26.0 Å². The highest BCUT2D eigenvalue weighted by Gasteiger charge is 2.20. The van der Waals surface area contributed by atoms with Crippen LogP contribution in [0.4, 0.5) is 0 Å². The molecule has 0 N–H and O–H groups in total. The monoisotopic (exact) mass is 140 g/mol. The second-order valence-corrected chi connectivity index (χ2v) is 2.69. The van der Waals surface area contributed by atoms with Crippen LogP contribution in [-0.2, 0) is 9.53 Å². The van der Waals surface area contributed by atoms with Crippen molar-refractivity contribution in [3.05, 3.63) is 12.2 Å². The average molecular weight is 140 g/mol. The van der Waals surface area contributed by atoms with E-state index in [1.165, 1.54) is 0 Å². The predicted molar refractivity (Wildman–Crippen MR) is 38.7 cm³/mol. The zero-order chi connectivity index (χ0) is 7.56. The number of rotatable bonds is 1. The molecule has 0 aromatic heterocycles. The molecule has 56 valence electrons. The lowest BCUT2D eigenvalue weighted by molar-refractivity contribution is -0.122. The van der Waals surface area contributed by atoms with Gasteiger partial charge in [0.05, 0.1) is 6.10 Å². The highest BCUT2D eigenvalue weighted by Crippen LogP contribution is 2.15. The summed E-state index contributed by atoms with van der Waals surface area (Å²) in [5, 5.41) is 0. The van der Waals surface area contributed by atoms with Crippen molar-refractivity contribution in [2.75, 3.05) is 0 Å². The molecular formula is C8H12O2. The molecule has 2 nitrogen and oxygen atoms in total. The van der Waals surface area contributed by atoms with Gasteiger partial charge in [0.1, 0.15) is 12.4 Å². The first kappa shape index (κ1) is 7.48. The zero-order valence-electron chi connectivity index (χ0n) is 6.28. The number of aldehydes is 1. The van der Waals surface area contributed by atoms with Crippen LogP contribution in [0, 0.1) is 5.92 Å². The lowest BCUT2D eigenvalue weighted by Crippen LogP contribution is -2.29. The third-order valence-electron chi connectivity index (χ3n) is 1.71. The van der Waals surface area contributed by atoms with Crippen molar-refractivity contribution in [2.24, 2.45) is 5.92 Å². The molecule has 0 aromatic rings. The molecule has 0 aromatic carbocycles. The topological polar surface area (TPSA) is 26.3 Å². The van der Waals surface area contributed by atoms with Gasteiger partial charge in [0.2, 0.25) is 0 Å². The molecular weight excluding hydrogens is 128 g/mol. The molecule has 1 rings (SSSR count). The largest absolute Gasteiger partial charge is 0.363 e. The highest BCUT2D eigenvalue weighted by atomic mass is 16.5. The molecule has 0 saturated carbocycles. The van der Waals surface area contributed by atoms with Crippen molar-refractivity contribution >= 4 is 6.29 Å². The fourth-order valence-corrected chi connectivity index (χ4v) is 1.01. The molecule has 0 saturated heterocycles. The van der Waals surface area contributed by atoms with Crippen LogP contribution in [0.1, 0.15) is 13.8 Å². The van der Waals surface area contributed by atoms with Crippen molar-refractivity contribution < 1.29 is 9.53 Å². The minimum Gasteiger partial charge on any atom is -0.363 e. The number of ether oxygens (including phenoxy) is 1. The molecule has 0 fully saturated rings. The second kappa shape index (κ2) is 2.97. The summed E-state index contributed by atoms with van der Waals surface area (Å²) >= 11 is 0. The van der Waals surface area contributed by atoms with Gasteiger partial charge in [0.15, 0.2) is 0 Å². The molecule has 0 amide bonds. The Morgan fingerprint density at radius 2 is 2.10 bits per heavy atom. The first-order chi connectivity index (χ1) is 4.74. The van der Waals surface area contributed by atoms with Gasteiger partial charge in [-0.3, -0.25) is 0 Å². The van der Waals surface area contributed by atoms with Crippen LogP contribution in [0.15, 0.2) is 12.2 Å². The Kier molecular flexibility index (Phi) is 2.22. The van der Waals surface area contributed by atoms with Crippen molar-refractivity contribution in [1.29, 1.82) is 0 Å². The van der Waals surface area contributed by atoms with Gasteiger partial charge in [-0.2, -0.15) is 0 Å². The van der Waals surface area contributed by atoms with Crippen LogP contribution < -0.4 is 0 Å². The predicted octanol–water partition coefficient (Wildman–Crippen LogP) is 1.16. The van der Waals surface area contributed by atoms with Crippen molar-refractivity contribution in [2.45, 2.75) is 26.1 Å². The molecule has 0 bridgehead atoms. The van der Waals surface area contributed by atoms with Crippen LogP contribution in [0.2, 0.25) is 0 Å². The quantitative estimate of drug-likeness (QED) is 0.403. The molecule has 1 aliphatic heterocycles. The summed E-state index contributed by atoms with van der Waals surface area (Å²) < 4.78 is 5.29. The summed E-state index contributed by atoms with van der Waals surface area (Å²) in [6.45, 7) is 3.90. The minimum absolute atomic E-state index is 0.0893. The smallest absolute Gasteiger partial charge is 0.149 e. The normalized spacial score (nSPS) is 39.6. The number of hydrogen-bond donors (Lipinski definition) is 0. The Labute approximate surface area is 60.9 Å². The van der Waals surface area contributed by atoms with Gasteiger partial charge in [-0.05, 0) is 6.92 Å². The molecule has 1 aliphatic rings. The van der Waals surface area contributed by atoms with E-state index in [0.29, 0.717) is 0 Å². The lowest BCUT2D eigenvalue weighted by Gasteiger charge is -2.24. The van der Waals surface area contributed by atoms with Crippen molar-refractivity contribution in [3.8, 4) is 0 Å². The van der Waals surface area contributed by atoms with Crippen LogP contribution in [0.5, 0.6) is 0 Å². The molecule has 3 unspecified atom stereocenters. The molecule has 0 radical (unpaired) electrons. The van der Waals surface area contributed by atoms with Gasteiger partial charge in [0.25, 0.3) is 0 Å². The average Bonchev–Trinajstić information content (AvgIpc) is 1.94. The summed E-state index contributed by atoms with van der Waals surface area (Å²) in [5.74, 6) is 0.230. The standard InChI is InChI=1S/C8H12O2/c1-6-3-4-7(2)10-8(6)5-9/h3-8H,1-2H3. The van der Waals surface area contributed by atoms with E-state index in [0.717, 1.165) is 6.29 Å². The summed E-state index contributed by atoms with van der Waals surface area (Å²) in [6, 6.07) is 0. The third-order valence-corrected chi connectivity index (χ3v) is 1.71. The van der Waals surface area contributed by atoms with Crippen LogP contribution in [-0.4, -0.2) is 18.5 Å². The highest BCUT2D eigenvalue weighted by molar-refractivity contribution is 5.57. The first-order valence-electron chi connectivity index (χ1n) is 3.53. The van der Waals surface area contributed by atoms with Crippen LogP contribution in [0.3, 0.4) is 0 Å². The maximum Gasteiger partial charge on any atom is 0.149 e. The zero-order valence-corrected chi connectivity index (χ0v) is 6.28. The van der Waals surface area contributed by atoms with E-state index in [9.17, 15) is 4.79 Å². The Morgan fingerprint density at radius 3 is 2.60 bits per heavy atom. The number of carbonyl (C=O) groups excluding carboxylic acids is 1. The summed E-state index contributed by atoms with van der Waals surface area (Å²) in [5.41, 5.74) is 0. The molecule has 10 heavy (non-hydrogen) atoms. The molecule has 0 spiro atoms.